The van der Waals surface area contributed by atoms with E-state index in [0.717, 1.165) is 11.1 Å². The minimum atomic E-state index is -3.93. The molecule has 1 heterocycles. The Morgan fingerprint density at radius 2 is 1.77 bits per heavy atom. The van der Waals surface area contributed by atoms with E-state index in [-0.39, 0.29) is 29.6 Å². The number of rotatable bonds is 4. The number of nitrogens with zero attached hydrogens (tertiary/aromatic N) is 1. The van der Waals surface area contributed by atoms with E-state index in [1.54, 1.807) is 36.4 Å². The first-order valence-corrected chi connectivity index (χ1v) is 9.80. The summed E-state index contributed by atoms with van der Waals surface area (Å²) in [5.74, 6) is -0.0419. The average molecular weight is 374 g/mol. The van der Waals surface area contributed by atoms with Gasteiger partial charge in [0.15, 0.2) is 0 Å². The second-order valence-corrected chi connectivity index (χ2v) is 8.17. The van der Waals surface area contributed by atoms with Gasteiger partial charge in [0.2, 0.25) is 15.9 Å². The Balaban J connectivity index is 2.13. The topological polar surface area (TPSA) is 75.7 Å². The van der Waals surface area contributed by atoms with Crippen molar-refractivity contribution in [3.63, 3.8) is 0 Å². The first-order chi connectivity index (χ1) is 12.4. The van der Waals surface area contributed by atoms with Crippen LogP contribution in [0.3, 0.4) is 0 Å². The summed E-state index contributed by atoms with van der Waals surface area (Å²) in [5, 5.41) is 2.76. The fourth-order valence-electron chi connectivity index (χ4n) is 3.11. The number of carbonyl (C=O) groups is 1. The average Bonchev–Trinajstić information content (AvgIpc) is 2.64. The molecule has 1 aliphatic heterocycles. The summed E-state index contributed by atoms with van der Waals surface area (Å²) in [6.45, 7) is 4.22. The van der Waals surface area contributed by atoms with Gasteiger partial charge in [-0.1, -0.05) is 30.3 Å². The Hall–Kier alpha value is -2.38. The quantitative estimate of drug-likeness (QED) is 0.890. The third-order valence-corrected chi connectivity index (χ3v) is 6.54. The Kier molecular flexibility index (Phi) is 5.02. The molecule has 0 spiro atoms. The van der Waals surface area contributed by atoms with Crippen LogP contribution in [0.25, 0.3) is 0 Å². The van der Waals surface area contributed by atoms with Crippen LogP contribution in [0.1, 0.15) is 22.7 Å². The molecule has 3 rings (SSSR count). The molecule has 1 aliphatic rings. The highest BCUT2D eigenvalue weighted by molar-refractivity contribution is 7.89. The summed E-state index contributed by atoms with van der Waals surface area (Å²) in [5.41, 5.74) is 2.43. The number of benzene rings is 2. The number of amides is 1. The standard InChI is InChI=1S/C19H22N2O4S/c1-13-11-16(25-3)17(12-14(13)2)26(23,24)21-10-9-20-19(22)18(21)15-7-5-4-6-8-15/h4-8,11-12,18H,9-10H2,1-3H3,(H,20,22). The lowest BCUT2D eigenvalue weighted by molar-refractivity contribution is -0.126. The van der Waals surface area contributed by atoms with E-state index >= 15 is 0 Å². The molecule has 1 atom stereocenters. The second kappa shape index (κ2) is 7.09. The Morgan fingerprint density at radius 1 is 1.12 bits per heavy atom. The zero-order valence-electron chi connectivity index (χ0n) is 15.0. The summed E-state index contributed by atoms with van der Waals surface area (Å²) in [4.78, 5) is 12.6. The van der Waals surface area contributed by atoms with Gasteiger partial charge in [0.1, 0.15) is 16.7 Å². The molecule has 0 radical (unpaired) electrons. The van der Waals surface area contributed by atoms with Gasteiger partial charge in [-0.3, -0.25) is 4.79 Å². The number of hydrogen-bond donors (Lipinski definition) is 1. The zero-order chi connectivity index (χ0) is 18.9. The van der Waals surface area contributed by atoms with Crippen molar-refractivity contribution >= 4 is 15.9 Å². The molecule has 6 nitrogen and oxygen atoms in total. The van der Waals surface area contributed by atoms with Crippen LogP contribution >= 0.6 is 0 Å². The van der Waals surface area contributed by atoms with Gasteiger partial charge in [-0.15, -0.1) is 0 Å². The Morgan fingerprint density at radius 3 is 2.42 bits per heavy atom. The molecule has 1 fully saturated rings. The van der Waals surface area contributed by atoms with E-state index in [4.69, 9.17) is 4.74 Å². The number of piperazine rings is 1. The molecule has 2 aromatic carbocycles. The van der Waals surface area contributed by atoms with Crippen molar-refractivity contribution in [2.45, 2.75) is 24.8 Å². The Labute approximate surface area is 153 Å². The van der Waals surface area contributed by atoms with Crippen LogP contribution in [0.2, 0.25) is 0 Å². The van der Waals surface area contributed by atoms with Crippen LogP contribution in [0, 0.1) is 13.8 Å². The van der Waals surface area contributed by atoms with E-state index in [9.17, 15) is 13.2 Å². The molecule has 1 unspecified atom stereocenters. The van der Waals surface area contributed by atoms with Crippen LogP contribution in [0.15, 0.2) is 47.4 Å². The minimum absolute atomic E-state index is 0.0822. The van der Waals surface area contributed by atoms with Crippen molar-refractivity contribution < 1.29 is 17.9 Å². The normalized spacial score (nSPS) is 18.4. The fraction of sp³-hybridized carbons (Fsp3) is 0.316. The third kappa shape index (κ3) is 3.20. The van der Waals surface area contributed by atoms with E-state index in [1.165, 1.54) is 11.4 Å². The molecule has 0 aromatic heterocycles. The first-order valence-electron chi connectivity index (χ1n) is 8.36. The van der Waals surface area contributed by atoms with Crippen molar-refractivity contribution in [1.82, 2.24) is 9.62 Å². The Bertz CT molecular complexity index is 926. The van der Waals surface area contributed by atoms with Crippen molar-refractivity contribution in [2.24, 2.45) is 0 Å². The minimum Gasteiger partial charge on any atom is -0.495 e. The summed E-state index contributed by atoms with van der Waals surface area (Å²) in [6, 6.07) is 11.3. The molecular formula is C19H22N2O4S. The van der Waals surface area contributed by atoms with E-state index < -0.39 is 16.1 Å². The third-order valence-electron chi connectivity index (χ3n) is 4.65. The fourth-order valence-corrected chi connectivity index (χ4v) is 4.91. The lowest BCUT2D eigenvalue weighted by Gasteiger charge is -2.34. The molecule has 0 aliphatic carbocycles. The summed E-state index contributed by atoms with van der Waals surface area (Å²) in [6.07, 6.45) is 0. The van der Waals surface area contributed by atoms with Gasteiger partial charge in [0.25, 0.3) is 0 Å². The number of nitrogens with one attached hydrogen (secondary N) is 1. The number of hydrogen-bond acceptors (Lipinski definition) is 4. The molecule has 1 saturated heterocycles. The van der Waals surface area contributed by atoms with Gasteiger partial charge in [-0.2, -0.15) is 4.31 Å². The van der Waals surface area contributed by atoms with E-state index in [1.807, 2.05) is 19.9 Å². The van der Waals surface area contributed by atoms with Gasteiger partial charge >= 0.3 is 0 Å². The first kappa shape index (κ1) is 18.4. The lowest BCUT2D eigenvalue weighted by atomic mass is 10.1. The molecule has 1 amide bonds. The van der Waals surface area contributed by atoms with E-state index in [0.29, 0.717) is 5.56 Å². The van der Waals surface area contributed by atoms with Crippen molar-refractivity contribution in [3.05, 3.63) is 59.2 Å². The van der Waals surface area contributed by atoms with Crippen LogP contribution in [-0.2, 0) is 14.8 Å². The van der Waals surface area contributed by atoms with E-state index in [2.05, 4.69) is 5.32 Å². The van der Waals surface area contributed by atoms with Gasteiger partial charge in [0.05, 0.1) is 7.11 Å². The number of aryl methyl sites for hydroxylation is 2. The molecule has 0 bridgehead atoms. The lowest BCUT2D eigenvalue weighted by Crippen LogP contribution is -2.52. The van der Waals surface area contributed by atoms with Gasteiger partial charge < -0.3 is 10.1 Å². The van der Waals surface area contributed by atoms with Crippen molar-refractivity contribution in [3.8, 4) is 5.75 Å². The maximum atomic E-state index is 13.4. The van der Waals surface area contributed by atoms with Crippen LogP contribution in [-0.4, -0.2) is 38.8 Å². The predicted molar refractivity (Wildman–Crippen MR) is 98.6 cm³/mol. The highest BCUT2D eigenvalue weighted by Crippen LogP contribution is 2.35. The van der Waals surface area contributed by atoms with Gasteiger partial charge in [0, 0.05) is 13.1 Å². The summed E-state index contributed by atoms with van der Waals surface area (Å²) < 4.78 is 33.4. The number of carbonyl (C=O) groups excluding carboxylic acids is 1. The number of ether oxygens (including phenoxy) is 1. The smallest absolute Gasteiger partial charge is 0.247 e. The second-order valence-electron chi connectivity index (χ2n) is 6.31. The van der Waals surface area contributed by atoms with Gasteiger partial charge in [-0.05, 0) is 42.7 Å². The van der Waals surface area contributed by atoms with Crippen LogP contribution < -0.4 is 10.1 Å². The van der Waals surface area contributed by atoms with Crippen LogP contribution in [0.5, 0.6) is 5.75 Å². The van der Waals surface area contributed by atoms with Crippen molar-refractivity contribution in [2.75, 3.05) is 20.2 Å². The maximum Gasteiger partial charge on any atom is 0.247 e. The SMILES string of the molecule is COc1cc(C)c(C)cc1S(=O)(=O)N1CCNC(=O)C1c1ccccc1. The predicted octanol–water partition coefficient (Wildman–Crippen LogP) is 2.17. The molecular weight excluding hydrogens is 352 g/mol. The summed E-state index contributed by atoms with van der Waals surface area (Å²) >= 11 is 0. The maximum absolute atomic E-state index is 13.4. The molecule has 1 N–H and O–H groups in total. The van der Waals surface area contributed by atoms with Crippen LogP contribution in [0.4, 0.5) is 0 Å². The van der Waals surface area contributed by atoms with Gasteiger partial charge in [-0.25, -0.2) is 8.42 Å². The zero-order valence-corrected chi connectivity index (χ0v) is 15.8. The molecule has 138 valence electrons. The summed E-state index contributed by atoms with van der Waals surface area (Å²) in [7, 11) is -2.48. The highest BCUT2D eigenvalue weighted by atomic mass is 32.2. The molecule has 7 heteroatoms. The monoisotopic (exact) mass is 374 g/mol. The highest BCUT2D eigenvalue weighted by Gasteiger charge is 2.40. The van der Waals surface area contributed by atoms with Crippen molar-refractivity contribution in [1.29, 1.82) is 0 Å². The number of sulfonamides is 1. The molecule has 26 heavy (non-hydrogen) atoms. The largest absolute Gasteiger partial charge is 0.495 e. The number of methoxy groups -OCH3 is 1. The molecule has 0 saturated carbocycles. The molecule has 2 aromatic rings.